The first kappa shape index (κ1) is 23.3. The number of H-pyrrole nitrogens is 1. The molecule has 4 aromatic heterocycles. The zero-order chi connectivity index (χ0) is 25.2. The summed E-state index contributed by atoms with van der Waals surface area (Å²) >= 11 is 0. The summed E-state index contributed by atoms with van der Waals surface area (Å²) in [7, 11) is 3.56. The van der Waals surface area contributed by atoms with Crippen molar-refractivity contribution in [1.29, 1.82) is 0 Å². The van der Waals surface area contributed by atoms with Gasteiger partial charge in [-0.3, -0.25) is 14.2 Å². The standard InChI is InChI=1S/C27H27N7O2.2H2/c1-5-24(35)31-23-11-18(7-6-17(23)2)25-22-10-19(20-13-30-34(16-20)8-9-36-4)12-28-27(22)32-26(25)21-14-29-33(3)15-21;;/h5-7,10-16H,1,8-9H2,2-4H3,(H,28,32)(H,31,35);2*1H. The van der Waals surface area contributed by atoms with Crippen LogP contribution < -0.4 is 5.32 Å². The van der Waals surface area contributed by atoms with Gasteiger partial charge in [0, 0.05) is 68.9 Å². The Bertz CT molecular complexity index is 1590. The third-order valence-electron chi connectivity index (χ3n) is 6.10. The van der Waals surface area contributed by atoms with Crippen molar-refractivity contribution in [3.05, 3.63) is 73.5 Å². The SMILES string of the molecule is C=CC(=O)Nc1cc(-c2c(-c3cnn(C)c3)[nH]c3ncc(-c4cnn(CCOC)c4)cc23)ccc1C.[HH].[HH]. The molecule has 36 heavy (non-hydrogen) atoms. The van der Waals surface area contributed by atoms with Gasteiger partial charge >= 0.3 is 0 Å². The molecule has 0 bridgehead atoms. The van der Waals surface area contributed by atoms with Gasteiger partial charge in [-0.1, -0.05) is 18.7 Å². The number of aromatic nitrogens is 6. The number of aromatic amines is 1. The van der Waals surface area contributed by atoms with E-state index in [0.717, 1.165) is 55.8 Å². The largest absolute Gasteiger partial charge is 0.383 e. The fourth-order valence-electron chi connectivity index (χ4n) is 4.21. The molecule has 2 N–H and O–H groups in total. The van der Waals surface area contributed by atoms with Gasteiger partial charge in [0.2, 0.25) is 5.91 Å². The van der Waals surface area contributed by atoms with Gasteiger partial charge in [-0.05, 0) is 36.3 Å². The first-order valence-electron chi connectivity index (χ1n) is 11.5. The van der Waals surface area contributed by atoms with Gasteiger partial charge in [0.15, 0.2) is 0 Å². The number of hydrogen-bond donors (Lipinski definition) is 2. The van der Waals surface area contributed by atoms with Crippen LogP contribution >= 0.6 is 0 Å². The predicted molar refractivity (Wildman–Crippen MR) is 145 cm³/mol. The summed E-state index contributed by atoms with van der Waals surface area (Å²) in [4.78, 5) is 20.3. The summed E-state index contributed by atoms with van der Waals surface area (Å²) in [6.07, 6.45) is 10.7. The molecular weight excluding hydrogens is 454 g/mol. The summed E-state index contributed by atoms with van der Waals surface area (Å²) in [6.45, 7) is 6.79. The van der Waals surface area contributed by atoms with Gasteiger partial charge in [-0.15, -0.1) is 0 Å². The first-order valence-corrected chi connectivity index (χ1v) is 11.5. The molecular formula is C27H31N7O2. The molecule has 4 heterocycles. The molecule has 0 atom stereocenters. The minimum atomic E-state index is -0.254. The molecule has 5 rings (SSSR count). The highest BCUT2D eigenvalue weighted by molar-refractivity contribution is 6.05. The van der Waals surface area contributed by atoms with Gasteiger partial charge in [0.05, 0.1) is 31.2 Å². The van der Waals surface area contributed by atoms with Crippen LogP contribution in [0.15, 0.2) is 67.9 Å². The number of ether oxygens (including phenoxy) is 1. The average molecular weight is 486 g/mol. The number of rotatable bonds is 8. The number of pyridine rings is 1. The second-order valence-corrected chi connectivity index (χ2v) is 8.61. The summed E-state index contributed by atoms with van der Waals surface area (Å²) in [5.41, 5.74) is 8.14. The Hall–Kier alpha value is -4.50. The first-order chi connectivity index (χ1) is 17.5. The highest BCUT2D eigenvalue weighted by Gasteiger charge is 2.19. The molecule has 0 fully saturated rings. The maximum absolute atomic E-state index is 12.0. The Morgan fingerprint density at radius 3 is 2.72 bits per heavy atom. The van der Waals surface area contributed by atoms with Crippen molar-refractivity contribution in [2.75, 3.05) is 19.0 Å². The average Bonchev–Trinajstić information content (AvgIpc) is 3.61. The summed E-state index contributed by atoms with van der Waals surface area (Å²) in [5, 5.41) is 12.7. The lowest BCUT2D eigenvalue weighted by Crippen LogP contribution is -2.08. The van der Waals surface area contributed by atoms with Crippen molar-refractivity contribution < 1.29 is 12.4 Å². The van der Waals surface area contributed by atoms with Gasteiger partial charge in [-0.25, -0.2) is 4.98 Å². The highest BCUT2D eigenvalue weighted by Crippen LogP contribution is 2.40. The van der Waals surface area contributed by atoms with Crippen molar-refractivity contribution in [3.8, 4) is 33.5 Å². The Labute approximate surface area is 211 Å². The Morgan fingerprint density at radius 2 is 1.97 bits per heavy atom. The lowest BCUT2D eigenvalue weighted by atomic mass is 9.97. The van der Waals surface area contributed by atoms with Crippen molar-refractivity contribution in [2.24, 2.45) is 7.05 Å². The molecule has 0 saturated heterocycles. The van der Waals surface area contributed by atoms with Crippen LogP contribution in [-0.2, 0) is 23.1 Å². The number of carbonyl (C=O) groups excluding carboxylic acids is 1. The number of nitrogens with zero attached hydrogens (tertiary/aromatic N) is 5. The van der Waals surface area contributed by atoms with E-state index in [1.807, 2.05) is 61.8 Å². The highest BCUT2D eigenvalue weighted by atomic mass is 16.5. The molecule has 0 aliphatic carbocycles. The zero-order valence-corrected chi connectivity index (χ0v) is 20.4. The molecule has 1 amide bonds. The number of anilines is 1. The van der Waals surface area contributed by atoms with Gasteiger partial charge in [-0.2, -0.15) is 10.2 Å². The van der Waals surface area contributed by atoms with Gasteiger partial charge in [0.1, 0.15) is 5.65 Å². The summed E-state index contributed by atoms with van der Waals surface area (Å²) in [6, 6.07) is 8.15. The van der Waals surface area contributed by atoms with E-state index in [0.29, 0.717) is 13.2 Å². The van der Waals surface area contributed by atoms with E-state index < -0.39 is 0 Å². The van der Waals surface area contributed by atoms with E-state index >= 15 is 0 Å². The van der Waals surface area contributed by atoms with E-state index in [1.54, 1.807) is 11.8 Å². The maximum atomic E-state index is 12.0. The number of aryl methyl sites for hydroxylation is 2. The van der Waals surface area contributed by atoms with Crippen molar-refractivity contribution >= 4 is 22.6 Å². The molecule has 0 saturated carbocycles. The van der Waals surface area contributed by atoms with Crippen LogP contribution in [0.3, 0.4) is 0 Å². The number of benzene rings is 1. The molecule has 186 valence electrons. The topological polar surface area (TPSA) is 103 Å². The summed E-state index contributed by atoms with van der Waals surface area (Å²) < 4.78 is 8.79. The molecule has 9 heteroatoms. The quantitative estimate of drug-likeness (QED) is 0.299. The maximum Gasteiger partial charge on any atom is 0.247 e. The number of fused-ring (bicyclic) bond motifs is 1. The van der Waals surface area contributed by atoms with Crippen LogP contribution in [0.2, 0.25) is 0 Å². The monoisotopic (exact) mass is 485 g/mol. The third kappa shape index (κ3) is 4.44. The molecule has 0 radical (unpaired) electrons. The zero-order valence-electron chi connectivity index (χ0n) is 20.4. The third-order valence-corrected chi connectivity index (χ3v) is 6.10. The van der Waals surface area contributed by atoms with Crippen LogP contribution in [0, 0.1) is 6.92 Å². The van der Waals surface area contributed by atoms with Crippen LogP contribution in [0.25, 0.3) is 44.5 Å². The van der Waals surface area contributed by atoms with Crippen molar-refractivity contribution in [1.82, 2.24) is 29.5 Å². The molecule has 0 spiro atoms. The Balaban J connectivity index is 0.00000200. The van der Waals surface area contributed by atoms with Crippen molar-refractivity contribution in [3.63, 3.8) is 0 Å². The Morgan fingerprint density at radius 1 is 1.14 bits per heavy atom. The van der Waals surface area contributed by atoms with E-state index in [4.69, 9.17) is 9.72 Å². The minimum absolute atomic E-state index is 0. The fraction of sp³-hybridized carbons (Fsp3) is 0.185. The van der Waals surface area contributed by atoms with Gasteiger partial charge < -0.3 is 15.0 Å². The second-order valence-electron chi connectivity index (χ2n) is 8.61. The molecule has 1 aromatic carbocycles. The lowest BCUT2D eigenvalue weighted by molar-refractivity contribution is -0.111. The van der Waals surface area contributed by atoms with Crippen LogP contribution in [0.1, 0.15) is 8.42 Å². The normalized spacial score (nSPS) is 11.2. The van der Waals surface area contributed by atoms with E-state index in [2.05, 4.69) is 39.2 Å². The lowest BCUT2D eigenvalue weighted by Gasteiger charge is -2.11. The molecule has 9 nitrogen and oxygen atoms in total. The summed E-state index contributed by atoms with van der Waals surface area (Å²) in [5.74, 6) is -0.254. The second kappa shape index (κ2) is 9.63. The number of methoxy groups -OCH3 is 1. The molecule has 5 aromatic rings. The van der Waals surface area contributed by atoms with E-state index in [-0.39, 0.29) is 8.76 Å². The van der Waals surface area contributed by atoms with Gasteiger partial charge in [0.25, 0.3) is 0 Å². The Kier molecular flexibility index (Phi) is 6.22. The fourth-order valence-corrected chi connectivity index (χ4v) is 4.21. The van der Waals surface area contributed by atoms with Crippen LogP contribution in [0.4, 0.5) is 5.69 Å². The minimum Gasteiger partial charge on any atom is -0.383 e. The number of amides is 1. The van der Waals surface area contributed by atoms with Crippen LogP contribution in [0.5, 0.6) is 0 Å². The van der Waals surface area contributed by atoms with Crippen molar-refractivity contribution in [2.45, 2.75) is 13.5 Å². The number of nitrogens with one attached hydrogen (secondary N) is 2. The van der Waals surface area contributed by atoms with E-state index in [1.165, 1.54) is 6.08 Å². The smallest absolute Gasteiger partial charge is 0.247 e. The molecule has 0 unspecified atom stereocenters. The molecule has 0 aliphatic rings. The van der Waals surface area contributed by atoms with E-state index in [9.17, 15) is 4.79 Å². The number of hydrogen-bond acceptors (Lipinski definition) is 5. The molecule has 0 aliphatic heterocycles. The number of carbonyl (C=O) groups is 1. The predicted octanol–water partition coefficient (Wildman–Crippen LogP) is 5.07. The van der Waals surface area contributed by atoms with Crippen LogP contribution in [-0.4, -0.2) is 49.2 Å².